The highest BCUT2D eigenvalue weighted by Gasteiger charge is 2.34. The third-order valence-electron chi connectivity index (χ3n) is 5.74. The first-order valence-electron chi connectivity index (χ1n) is 11.3. The number of carbonyl (C=O) groups is 2. The number of benzene rings is 1. The number of alkyl halides is 3. The topological polar surface area (TPSA) is 74.8 Å². The number of nitrogens with zero attached hydrogens (tertiary/aromatic N) is 3. The number of fused-ring (bicyclic) bond motifs is 1. The number of nitrogens with one attached hydrogen (secondary N) is 1. The van der Waals surface area contributed by atoms with E-state index < -0.39 is 23.4 Å². The van der Waals surface area contributed by atoms with Gasteiger partial charge in [0.1, 0.15) is 5.60 Å². The highest BCUT2D eigenvalue weighted by Crippen LogP contribution is 2.32. The Kier molecular flexibility index (Phi) is 6.48. The molecule has 0 spiro atoms. The van der Waals surface area contributed by atoms with E-state index in [1.807, 2.05) is 39.0 Å². The molecule has 2 aliphatic rings. The Morgan fingerprint density at radius 2 is 1.77 bits per heavy atom. The van der Waals surface area contributed by atoms with E-state index in [1.54, 1.807) is 17.0 Å². The summed E-state index contributed by atoms with van der Waals surface area (Å²) in [6, 6.07) is 7.97. The van der Waals surface area contributed by atoms with Gasteiger partial charge in [-0.25, -0.2) is 9.59 Å². The van der Waals surface area contributed by atoms with Crippen molar-refractivity contribution >= 4 is 23.4 Å². The van der Waals surface area contributed by atoms with E-state index in [4.69, 9.17) is 4.74 Å². The lowest BCUT2D eigenvalue weighted by Crippen LogP contribution is -2.39. The SMILES string of the molecule is CC(C)(C)OC(=O)N1CC=C(c2ccc(NC(=O)N3Cc4cc(C(F)(F)F)cnc4C3)cc2)CC1. The van der Waals surface area contributed by atoms with Crippen molar-refractivity contribution < 1.29 is 27.5 Å². The molecule has 186 valence electrons. The average molecular weight is 489 g/mol. The summed E-state index contributed by atoms with van der Waals surface area (Å²) < 4.78 is 44.2. The van der Waals surface area contributed by atoms with Crippen molar-refractivity contribution in [3.63, 3.8) is 0 Å². The molecule has 0 radical (unpaired) electrons. The molecular weight excluding hydrogens is 461 g/mol. The van der Waals surface area contributed by atoms with Gasteiger partial charge in [0.2, 0.25) is 0 Å². The second kappa shape index (κ2) is 9.24. The second-order valence-electron chi connectivity index (χ2n) is 9.60. The molecular formula is C25H27F3N4O3. The van der Waals surface area contributed by atoms with Crippen molar-refractivity contribution in [1.29, 1.82) is 0 Å². The lowest BCUT2D eigenvalue weighted by molar-refractivity contribution is -0.137. The van der Waals surface area contributed by atoms with Crippen molar-refractivity contribution in [2.45, 2.75) is 52.1 Å². The van der Waals surface area contributed by atoms with E-state index in [2.05, 4.69) is 10.3 Å². The lowest BCUT2D eigenvalue weighted by atomic mass is 9.99. The van der Waals surface area contributed by atoms with Crippen LogP contribution < -0.4 is 5.32 Å². The maximum atomic E-state index is 12.9. The molecule has 3 heterocycles. The fourth-order valence-corrected chi connectivity index (χ4v) is 3.95. The van der Waals surface area contributed by atoms with Crippen LogP contribution in [0, 0.1) is 0 Å². The number of urea groups is 1. The number of hydrogen-bond acceptors (Lipinski definition) is 4. The third-order valence-corrected chi connectivity index (χ3v) is 5.74. The quantitative estimate of drug-likeness (QED) is 0.591. The fraction of sp³-hybridized carbons (Fsp3) is 0.400. The van der Waals surface area contributed by atoms with Gasteiger partial charge in [-0.15, -0.1) is 0 Å². The first-order chi connectivity index (χ1) is 16.4. The molecule has 10 heteroatoms. The van der Waals surface area contributed by atoms with Gasteiger partial charge in [0, 0.05) is 31.5 Å². The van der Waals surface area contributed by atoms with Crippen molar-refractivity contribution in [2.24, 2.45) is 0 Å². The van der Waals surface area contributed by atoms with Crippen molar-refractivity contribution in [3.05, 3.63) is 65.0 Å². The summed E-state index contributed by atoms with van der Waals surface area (Å²) in [4.78, 5) is 31.8. The van der Waals surface area contributed by atoms with Crippen LogP contribution in [0.4, 0.5) is 28.4 Å². The van der Waals surface area contributed by atoms with Crippen LogP contribution in [0.5, 0.6) is 0 Å². The first-order valence-corrected chi connectivity index (χ1v) is 11.3. The van der Waals surface area contributed by atoms with Gasteiger partial charge in [-0.05, 0) is 62.1 Å². The van der Waals surface area contributed by atoms with Gasteiger partial charge in [0.15, 0.2) is 0 Å². The van der Waals surface area contributed by atoms with Crippen LogP contribution in [0.3, 0.4) is 0 Å². The van der Waals surface area contributed by atoms with Crippen LogP contribution in [0.1, 0.15) is 49.6 Å². The van der Waals surface area contributed by atoms with Gasteiger partial charge < -0.3 is 19.9 Å². The van der Waals surface area contributed by atoms with Crippen LogP contribution in [-0.2, 0) is 24.0 Å². The normalized spacial score (nSPS) is 16.0. The molecule has 0 atom stereocenters. The van der Waals surface area contributed by atoms with Crippen LogP contribution >= 0.6 is 0 Å². The van der Waals surface area contributed by atoms with Gasteiger partial charge in [-0.1, -0.05) is 18.2 Å². The van der Waals surface area contributed by atoms with Crippen LogP contribution in [0.2, 0.25) is 0 Å². The van der Waals surface area contributed by atoms with Crippen molar-refractivity contribution in [2.75, 3.05) is 18.4 Å². The highest BCUT2D eigenvalue weighted by molar-refractivity contribution is 5.90. The van der Waals surface area contributed by atoms with E-state index >= 15 is 0 Å². The predicted octanol–water partition coefficient (Wildman–Crippen LogP) is 5.67. The van der Waals surface area contributed by atoms with Gasteiger partial charge >= 0.3 is 18.3 Å². The molecule has 0 unspecified atom stereocenters. The summed E-state index contributed by atoms with van der Waals surface area (Å²) >= 11 is 0. The summed E-state index contributed by atoms with van der Waals surface area (Å²) in [7, 11) is 0. The molecule has 0 aliphatic carbocycles. The number of rotatable bonds is 2. The Morgan fingerprint density at radius 1 is 1.06 bits per heavy atom. The van der Waals surface area contributed by atoms with Gasteiger partial charge in [0.25, 0.3) is 0 Å². The maximum Gasteiger partial charge on any atom is 0.417 e. The van der Waals surface area contributed by atoms with E-state index in [0.29, 0.717) is 36.5 Å². The zero-order valence-corrected chi connectivity index (χ0v) is 19.8. The van der Waals surface area contributed by atoms with E-state index in [-0.39, 0.29) is 19.2 Å². The molecule has 1 aromatic heterocycles. The molecule has 0 saturated carbocycles. The minimum absolute atomic E-state index is 0.0667. The van der Waals surface area contributed by atoms with E-state index in [0.717, 1.165) is 23.4 Å². The molecule has 7 nitrogen and oxygen atoms in total. The summed E-state index contributed by atoms with van der Waals surface area (Å²) in [6.07, 6.45) is -1.33. The summed E-state index contributed by atoms with van der Waals surface area (Å²) in [5.74, 6) is 0. The smallest absolute Gasteiger partial charge is 0.417 e. The van der Waals surface area contributed by atoms with Crippen LogP contribution in [0.15, 0.2) is 42.6 Å². The molecule has 1 N–H and O–H groups in total. The molecule has 0 saturated heterocycles. The minimum Gasteiger partial charge on any atom is -0.444 e. The Morgan fingerprint density at radius 3 is 2.37 bits per heavy atom. The zero-order valence-electron chi connectivity index (χ0n) is 19.8. The standard InChI is InChI=1S/C25H27F3N4O3/c1-24(2,3)35-23(34)31-10-8-17(9-11-31)16-4-6-20(7-5-16)30-22(33)32-14-18-12-19(25(26,27)28)13-29-21(18)15-32/h4-8,12-13H,9-11,14-15H2,1-3H3,(H,30,33). The first kappa shape index (κ1) is 24.6. The van der Waals surface area contributed by atoms with Gasteiger partial charge in [0.05, 0.1) is 17.8 Å². The molecule has 3 amide bonds. The number of hydrogen-bond donors (Lipinski definition) is 1. The predicted molar refractivity (Wildman–Crippen MR) is 124 cm³/mol. The lowest BCUT2D eigenvalue weighted by Gasteiger charge is -2.29. The third kappa shape index (κ3) is 5.93. The number of amides is 3. The number of anilines is 1. The molecule has 2 aliphatic heterocycles. The number of aromatic nitrogens is 1. The Labute approximate surface area is 201 Å². The van der Waals surface area contributed by atoms with Crippen molar-refractivity contribution in [1.82, 2.24) is 14.8 Å². The number of carbonyl (C=O) groups excluding carboxylic acids is 2. The highest BCUT2D eigenvalue weighted by atomic mass is 19.4. The van der Waals surface area contributed by atoms with Crippen LogP contribution in [0.25, 0.3) is 5.57 Å². The molecule has 0 bridgehead atoms. The molecule has 4 rings (SSSR count). The zero-order chi connectivity index (χ0) is 25.4. The number of pyridine rings is 1. The van der Waals surface area contributed by atoms with E-state index in [1.165, 1.54) is 4.90 Å². The molecule has 0 fully saturated rings. The molecule has 2 aromatic rings. The Hall–Kier alpha value is -3.56. The molecule has 1 aromatic carbocycles. The second-order valence-corrected chi connectivity index (χ2v) is 9.60. The van der Waals surface area contributed by atoms with E-state index in [9.17, 15) is 22.8 Å². The van der Waals surface area contributed by atoms with Gasteiger partial charge in [-0.2, -0.15) is 13.2 Å². The monoisotopic (exact) mass is 488 g/mol. The Balaban J connectivity index is 1.33. The largest absolute Gasteiger partial charge is 0.444 e. The number of halogens is 3. The summed E-state index contributed by atoms with van der Waals surface area (Å²) in [5, 5.41) is 2.79. The summed E-state index contributed by atoms with van der Waals surface area (Å²) in [6.45, 7) is 6.73. The van der Waals surface area contributed by atoms with Crippen molar-refractivity contribution in [3.8, 4) is 0 Å². The minimum atomic E-state index is -4.47. The number of ether oxygens (including phenoxy) is 1. The fourth-order valence-electron chi connectivity index (χ4n) is 3.95. The Bertz CT molecular complexity index is 1150. The average Bonchev–Trinajstić information content (AvgIpc) is 3.22. The molecule has 35 heavy (non-hydrogen) atoms. The maximum absolute atomic E-state index is 12.9. The summed E-state index contributed by atoms with van der Waals surface area (Å²) in [5.41, 5.74) is 2.17. The van der Waals surface area contributed by atoms with Gasteiger partial charge in [-0.3, -0.25) is 4.98 Å². The van der Waals surface area contributed by atoms with Crippen LogP contribution in [-0.4, -0.2) is 45.6 Å².